The fraction of sp³-hybridized carbons (Fsp3) is 0.375. The fourth-order valence-corrected chi connectivity index (χ4v) is 3.86. The molecule has 0 unspecified atom stereocenters. The summed E-state index contributed by atoms with van der Waals surface area (Å²) in [6, 6.07) is 1.81. The molecular weight excluding hydrogens is 326 g/mol. The Labute approximate surface area is 142 Å². The summed E-state index contributed by atoms with van der Waals surface area (Å²) in [6.07, 6.45) is 5.16. The van der Waals surface area contributed by atoms with Crippen LogP contribution in [0.5, 0.6) is 0 Å². The number of imidazole rings is 1. The van der Waals surface area contributed by atoms with E-state index in [2.05, 4.69) is 19.9 Å². The molecule has 7 nitrogen and oxygen atoms in total. The van der Waals surface area contributed by atoms with E-state index in [-0.39, 0.29) is 24.1 Å². The molecule has 3 aromatic heterocycles. The number of rotatable bonds is 3. The summed E-state index contributed by atoms with van der Waals surface area (Å²) in [4.78, 5) is 34.0. The zero-order chi connectivity index (χ0) is 16.7. The zero-order valence-electron chi connectivity index (χ0n) is 13.2. The minimum absolute atomic E-state index is 0.00999. The molecule has 0 saturated heterocycles. The second-order valence-electron chi connectivity index (χ2n) is 6.07. The second kappa shape index (κ2) is 5.86. The molecule has 3 aromatic rings. The predicted octanol–water partition coefficient (Wildman–Crippen LogP) is 1.09. The van der Waals surface area contributed by atoms with Gasteiger partial charge >= 0.3 is 0 Å². The molecule has 1 N–H and O–H groups in total. The van der Waals surface area contributed by atoms with E-state index in [1.165, 1.54) is 22.2 Å². The van der Waals surface area contributed by atoms with Gasteiger partial charge in [-0.2, -0.15) is 0 Å². The van der Waals surface area contributed by atoms with E-state index in [0.717, 1.165) is 30.9 Å². The first kappa shape index (κ1) is 15.1. The van der Waals surface area contributed by atoms with Crippen molar-refractivity contribution in [2.24, 2.45) is 0 Å². The van der Waals surface area contributed by atoms with Crippen LogP contribution in [0.4, 0.5) is 0 Å². The Morgan fingerprint density at radius 2 is 2.38 bits per heavy atom. The number of aromatic nitrogens is 4. The number of hydrogen-bond acceptors (Lipinski definition) is 5. The second-order valence-corrected chi connectivity index (χ2v) is 6.97. The Morgan fingerprint density at radius 1 is 1.50 bits per heavy atom. The van der Waals surface area contributed by atoms with Crippen LogP contribution in [0.15, 0.2) is 28.8 Å². The third-order valence-corrected chi connectivity index (χ3v) is 5.06. The quantitative estimate of drug-likeness (QED) is 0.772. The van der Waals surface area contributed by atoms with E-state index in [9.17, 15) is 9.59 Å². The Morgan fingerprint density at radius 3 is 3.25 bits per heavy atom. The van der Waals surface area contributed by atoms with Gasteiger partial charge in [0.15, 0.2) is 0 Å². The van der Waals surface area contributed by atoms with Crippen LogP contribution >= 0.6 is 11.3 Å². The lowest BCUT2D eigenvalue weighted by Crippen LogP contribution is -2.43. The van der Waals surface area contributed by atoms with E-state index in [1.807, 2.05) is 18.5 Å². The van der Waals surface area contributed by atoms with Crippen LogP contribution in [-0.4, -0.2) is 31.1 Å². The molecule has 0 aliphatic carbocycles. The van der Waals surface area contributed by atoms with Crippen molar-refractivity contribution in [1.29, 1.82) is 0 Å². The van der Waals surface area contributed by atoms with Crippen LogP contribution in [-0.2, 0) is 24.3 Å². The van der Waals surface area contributed by atoms with Gasteiger partial charge in [-0.25, -0.2) is 9.97 Å². The predicted molar refractivity (Wildman–Crippen MR) is 91.1 cm³/mol. The van der Waals surface area contributed by atoms with Gasteiger partial charge in [0.05, 0.1) is 17.4 Å². The van der Waals surface area contributed by atoms with Crippen molar-refractivity contribution in [3.63, 3.8) is 0 Å². The Balaban J connectivity index is 1.45. The molecule has 0 radical (unpaired) electrons. The van der Waals surface area contributed by atoms with Gasteiger partial charge in [-0.15, -0.1) is 11.3 Å². The number of fused-ring (bicyclic) bond motifs is 2. The van der Waals surface area contributed by atoms with Crippen molar-refractivity contribution in [3.05, 3.63) is 45.8 Å². The Hall–Kier alpha value is -2.48. The van der Waals surface area contributed by atoms with Gasteiger partial charge in [-0.1, -0.05) is 0 Å². The summed E-state index contributed by atoms with van der Waals surface area (Å²) < 4.78 is 3.45. The monoisotopic (exact) mass is 343 g/mol. The Bertz CT molecular complexity index is 970. The van der Waals surface area contributed by atoms with Gasteiger partial charge in [0.25, 0.3) is 5.56 Å². The van der Waals surface area contributed by atoms with Crippen LogP contribution < -0.4 is 10.9 Å². The van der Waals surface area contributed by atoms with Gasteiger partial charge in [0.2, 0.25) is 5.91 Å². The lowest BCUT2D eigenvalue weighted by molar-refractivity contribution is -0.122. The molecule has 0 saturated carbocycles. The molecular formula is C16H17N5O2S. The number of thiophene rings is 1. The van der Waals surface area contributed by atoms with E-state index in [0.29, 0.717) is 10.2 Å². The normalized spacial score (nSPS) is 17.0. The molecule has 1 aliphatic rings. The van der Waals surface area contributed by atoms with Gasteiger partial charge < -0.3 is 9.88 Å². The average molecular weight is 343 g/mol. The van der Waals surface area contributed by atoms with Crippen LogP contribution in [0.25, 0.3) is 10.2 Å². The molecule has 1 atom stereocenters. The van der Waals surface area contributed by atoms with Crippen LogP contribution in [0.1, 0.15) is 17.9 Å². The summed E-state index contributed by atoms with van der Waals surface area (Å²) in [7, 11) is 0. The number of carbonyl (C=O) groups excluding carboxylic acids is 1. The summed E-state index contributed by atoms with van der Waals surface area (Å²) in [6.45, 7) is 2.68. The molecule has 0 bridgehead atoms. The molecule has 124 valence electrons. The zero-order valence-corrected chi connectivity index (χ0v) is 14.0. The number of nitrogens with one attached hydrogen (secondary N) is 1. The Kier molecular flexibility index (Phi) is 3.68. The summed E-state index contributed by atoms with van der Waals surface area (Å²) in [5.41, 5.74) is 0.825. The van der Waals surface area contributed by atoms with Crippen molar-refractivity contribution in [2.45, 2.75) is 38.9 Å². The first-order valence-electron chi connectivity index (χ1n) is 7.85. The molecule has 24 heavy (non-hydrogen) atoms. The lowest BCUT2D eigenvalue weighted by Gasteiger charge is -2.24. The third kappa shape index (κ3) is 2.73. The molecule has 0 spiro atoms. The maximum absolute atomic E-state index is 12.3. The minimum atomic E-state index is -0.174. The highest BCUT2D eigenvalue weighted by molar-refractivity contribution is 7.16. The summed E-state index contributed by atoms with van der Waals surface area (Å²) in [5, 5.41) is 5.41. The van der Waals surface area contributed by atoms with Crippen molar-refractivity contribution in [2.75, 3.05) is 0 Å². The fourth-order valence-electron chi connectivity index (χ4n) is 3.14. The number of amides is 1. The van der Waals surface area contributed by atoms with E-state index < -0.39 is 0 Å². The third-order valence-electron chi connectivity index (χ3n) is 4.24. The first-order valence-corrected chi connectivity index (χ1v) is 8.73. The topological polar surface area (TPSA) is 81.8 Å². The highest BCUT2D eigenvalue weighted by Gasteiger charge is 2.21. The lowest BCUT2D eigenvalue weighted by atomic mass is 10.1. The maximum Gasteiger partial charge on any atom is 0.262 e. The number of nitrogens with zero attached hydrogens (tertiary/aromatic N) is 4. The largest absolute Gasteiger partial charge is 0.350 e. The van der Waals surface area contributed by atoms with E-state index >= 15 is 0 Å². The van der Waals surface area contributed by atoms with Crippen LogP contribution in [0.2, 0.25) is 0 Å². The first-order chi connectivity index (χ1) is 11.6. The van der Waals surface area contributed by atoms with Gasteiger partial charge in [-0.05, 0) is 24.8 Å². The van der Waals surface area contributed by atoms with Crippen molar-refractivity contribution in [3.8, 4) is 0 Å². The summed E-state index contributed by atoms with van der Waals surface area (Å²) in [5.74, 6) is 0.903. The van der Waals surface area contributed by atoms with Gasteiger partial charge in [0.1, 0.15) is 17.2 Å². The molecule has 4 rings (SSSR count). The van der Waals surface area contributed by atoms with Gasteiger partial charge in [0, 0.05) is 25.2 Å². The molecule has 1 amide bonds. The molecule has 4 heterocycles. The summed E-state index contributed by atoms with van der Waals surface area (Å²) >= 11 is 1.42. The van der Waals surface area contributed by atoms with E-state index in [1.54, 1.807) is 6.07 Å². The SMILES string of the molecule is Cc1cn2c(n1)CC[C@@H](NC(=O)Cn1cnc3sccc3c1=O)C2. The molecule has 0 fully saturated rings. The van der Waals surface area contributed by atoms with Crippen molar-refractivity contribution >= 4 is 27.5 Å². The number of hydrogen-bond donors (Lipinski definition) is 1. The smallest absolute Gasteiger partial charge is 0.262 e. The van der Waals surface area contributed by atoms with Crippen LogP contribution in [0, 0.1) is 6.92 Å². The molecule has 8 heteroatoms. The highest BCUT2D eigenvalue weighted by atomic mass is 32.1. The molecule has 0 aromatic carbocycles. The van der Waals surface area contributed by atoms with Crippen molar-refractivity contribution < 1.29 is 4.79 Å². The standard InChI is InChI=1S/C16H17N5O2S/c1-10-6-20-7-11(2-3-13(20)18-10)19-14(22)8-21-9-17-15-12(16(21)23)4-5-24-15/h4-6,9,11H,2-3,7-8H2,1H3,(H,19,22)/t11-/m1/s1. The number of aryl methyl sites for hydroxylation is 2. The van der Waals surface area contributed by atoms with Crippen molar-refractivity contribution in [1.82, 2.24) is 24.4 Å². The molecule has 1 aliphatic heterocycles. The van der Waals surface area contributed by atoms with Gasteiger partial charge in [-0.3, -0.25) is 14.2 Å². The van der Waals surface area contributed by atoms with E-state index in [4.69, 9.17) is 0 Å². The average Bonchev–Trinajstić information content (AvgIpc) is 3.15. The maximum atomic E-state index is 12.3. The number of carbonyl (C=O) groups is 1. The highest BCUT2D eigenvalue weighted by Crippen LogP contribution is 2.15. The minimum Gasteiger partial charge on any atom is -0.350 e. The van der Waals surface area contributed by atoms with Crippen LogP contribution in [0.3, 0.4) is 0 Å².